The Morgan fingerprint density at radius 2 is 2.24 bits per heavy atom. The number of hydrogen-bond donors (Lipinski definition) is 0. The molecule has 88 valence electrons. The molecule has 0 unspecified atom stereocenters. The number of rotatable bonds is 4. The van der Waals surface area contributed by atoms with Crippen molar-refractivity contribution in [3.05, 3.63) is 50.7 Å². The van der Waals surface area contributed by atoms with E-state index in [0.717, 1.165) is 33.1 Å². The van der Waals surface area contributed by atoms with Crippen LogP contribution in [0, 0.1) is 6.92 Å². The average molecular weight is 267 g/mol. The van der Waals surface area contributed by atoms with E-state index in [1.165, 1.54) is 11.3 Å². The predicted octanol–water partition coefficient (Wildman–Crippen LogP) is 4.10. The SMILES string of the molecule is Cc1cc(OCc2csc(C=O)c2)ccc1Cl. The van der Waals surface area contributed by atoms with Crippen LogP contribution >= 0.6 is 22.9 Å². The summed E-state index contributed by atoms with van der Waals surface area (Å²) in [5, 5.41) is 2.66. The zero-order valence-electron chi connectivity index (χ0n) is 9.27. The van der Waals surface area contributed by atoms with Gasteiger partial charge in [0, 0.05) is 10.6 Å². The van der Waals surface area contributed by atoms with E-state index in [4.69, 9.17) is 16.3 Å². The Hall–Kier alpha value is -1.32. The van der Waals surface area contributed by atoms with Crippen molar-refractivity contribution in [1.29, 1.82) is 0 Å². The molecule has 0 bridgehead atoms. The van der Waals surface area contributed by atoms with Crippen LogP contribution in [-0.2, 0) is 6.61 Å². The molecule has 0 amide bonds. The molecule has 0 aliphatic heterocycles. The highest BCUT2D eigenvalue weighted by Gasteiger charge is 2.02. The molecule has 4 heteroatoms. The van der Waals surface area contributed by atoms with E-state index in [-0.39, 0.29) is 0 Å². The van der Waals surface area contributed by atoms with Gasteiger partial charge in [-0.05, 0) is 42.1 Å². The van der Waals surface area contributed by atoms with Crippen molar-refractivity contribution >= 4 is 29.2 Å². The molecule has 0 radical (unpaired) electrons. The molecule has 2 nitrogen and oxygen atoms in total. The molecular weight excluding hydrogens is 256 g/mol. The predicted molar refractivity (Wildman–Crippen MR) is 70.2 cm³/mol. The number of ether oxygens (including phenoxy) is 1. The summed E-state index contributed by atoms with van der Waals surface area (Å²) in [5.74, 6) is 0.783. The van der Waals surface area contributed by atoms with Gasteiger partial charge in [0.1, 0.15) is 12.4 Å². The van der Waals surface area contributed by atoms with Crippen LogP contribution in [0.1, 0.15) is 20.8 Å². The number of carbonyl (C=O) groups excluding carboxylic acids is 1. The molecule has 2 aromatic rings. The molecule has 1 aromatic heterocycles. The Morgan fingerprint density at radius 3 is 2.88 bits per heavy atom. The molecule has 0 fully saturated rings. The quantitative estimate of drug-likeness (QED) is 0.779. The average Bonchev–Trinajstić information content (AvgIpc) is 2.79. The molecule has 0 atom stereocenters. The lowest BCUT2D eigenvalue weighted by Crippen LogP contribution is -1.94. The van der Waals surface area contributed by atoms with Crippen LogP contribution in [0.25, 0.3) is 0 Å². The summed E-state index contributed by atoms with van der Waals surface area (Å²) in [6.45, 7) is 2.40. The van der Waals surface area contributed by atoms with Gasteiger partial charge in [0.15, 0.2) is 6.29 Å². The summed E-state index contributed by atoms with van der Waals surface area (Å²) < 4.78 is 5.62. The fourth-order valence-electron chi connectivity index (χ4n) is 1.41. The van der Waals surface area contributed by atoms with Gasteiger partial charge >= 0.3 is 0 Å². The third-order valence-corrected chi connectivity index (χ3v) is 3.66. The number of hydrogen-bond acceptors (Lipinski definition) is 3. The van der Waals surface area contributed by atoms with Crippen LogP contribution < -0.4 is 4.74 Å². The maximum Gasteiger partial charge on any atom is 0.160 e. The zero-order valence-corrected chi connectivity index (χ0v) is 10.8. The van der Waals surface area contributed by atoms with Crippen molar-refractivity contribution in [3.63, 3.8) is 0 Å². The number of thiophene rings is 1. The largest absolute Gasteiger partial charge is 0.489 e. The van der Waals surface area contributed by atoms with Gasteiger partial charge in [0.25, 0.3) is 0 Å². The lowest BCUT2D eigenvalue weighted by Gasteiger charge is -2.06. The van der Waals surface area contributed by atoms with Crippen LogP contribution in [-0.4, -0.2) is 6.29 Å². The minimum atomic E-state index is 0.464. The number of halogens is 1. The van der Waals surface area contributed by atoms with E-state index in [1.54, 1.807) is 0 Å². The summed E-state index contributed by atoms with van der Waals surface area (Å²) in [7, 11) is 0. The van der Waals surface area contributed by atoms with Gasteiger partial charge < -0.3 is 4.74 Å². The third kappa shape index (κ3) is 3.08. The van der Waals surface area contributed by atoms with Crippen LogP contribution in [0.3, 0.4) is 0 Å². The van der Waals surface area contributed by atoms with Gasteiger partial charge in [-0.15, -0.1) is 11.3 Å². The number of aldehydes is 1. The minimum Gasteiger partial charge on any atom is -0.489 e. The maximum atomic E-state index is 10.5. The monoisotopic (exact) mass is 266 g/mol. The molecule has 0 N–H and O–H groups in total. The van der Waals surface area contributed by atoms with E-state index >= 15 is 0 Å². The van der Waals surface area contributed by atoms with Crippen molar-refractivity contribution in [3.8, 4) is 5.75 Å². The van der Waals surface area contributed by atoms with Crippen LogP contribution in [0.5, 0.6) is 5.75 Å². The molecule has 0 spiro atoms. The highest BCUT2D eigenvalue weighted by molar-refractivity contribution is 7.11. The lowest BCUT2D eigenvalue weighted by atomic mass is 10.2. The second kappa shape index (κ2) is 5.34. The summed E-state index contributed by atoms with van der Waals surface area (Å²) in [4.78, 5) is 11.2. The zero-order chi connectivity index (χ0) is 12.3. The van der Waals surface area contributed by atoms with Crippen LogP contribution in [0.2, 0.25) is 5.02 Å². The Morgan fingerprint density at radius 1 is 1.41 bits per heavy atom. The van der Waals surface area contributed by atoms with E-state index in [1.807, 2.05) is 36.6 Å². The maximum absolute atomic E-state index is 10.5. The molecule has 0 saturated carbocycles. The second-order valence-corrected chi connectivity index (χ2v) is 5.02. The molecule has 2 rings (SSSR count). The Labute approximate surface area is 109 Å². The van der Waals surface area contributed by atoms with Crippen molar-refractivity contribution in [2.24, 2.45) is 0 Å². The normalized spacial score (nSPS) is 10.2. The van der Waals surface area contributed by atoms with Crippen molar-refractivity contribution < 1.29 is 9.53 Å². The van der Waals surface area contributed by atoms with Gasteiger partial charge in [-0.3, -0.25) is 4.79 Å². The second-order valence-electron chi connectivity index (χ2n) is 3.67. The van der Waals surface area contributed by atoms with Crippen molar-refractivity contribution in [1.82, 2.24) is 0 Å². The highest BCUT2D eigenvalue weighted by Crippen LogP contribution is 2.22. The standard InChI is InChI=1S/C13H11ClO2S/c1-9-4-11(2-3-13(9)14)16-7-10-5-12(6-15)17-8-10/h2-6,8H,7H2,1H3. The Kier molecular flexibility index (Phi) is 3.82. The van der Waals surface area contributed by atoms with Gasteiger partial charge in [0.2, 0.25) is 0 Å². The number of carbonyl (C=O) groups is 1. The smallest absolute Gasteiger partial charge is 0.160 e. The minimum absolute atomic E-state index is 0.464. The number of aryl methyl sites for hydroxylation is 1. The molecule has 0 aliphatic carbocycles. The first kappa shape index (κ1) is 12.1. The first-order valence-electron chi connectivity index (χ1n) is 5.10. The molecule has 1 heterocycles. The van der Waals surface area contributed by atoms with E-state index in [2.05, 4.69) is 0 Å². The molecule has 0 saturated heterocycles. The van der Waals surface area contributed by atoms with Crippen LogP contribution in [0.4, 0.5) is 0 Å². The van der Waals surface area contributed by atoms with E-state index < -0.39 is 0 Å². The van der Waals surface area contributed by atoms with Gasteiger partial charge in [-0.1, -0.05) is 11.6 Å². The van der Waals surface area contributed by atoms with Crippen molar-refractivity contribution in [2.75, 3.05) is 0 Å². The first-order valence-corrected chi connectivity index (χ1v) is 6.36. The fourth-order valence-corrected chi connectivity index (χ4v) is 2.22. The Balaban J connectivity index is 2.01. The molecule has 0 aliphatic rings. The Bertz CT molecular complexity index is 534. The summed E-state index contributed by atoms with van der Waals surface area (Å²) in [5.41, 5.74) is 1.99. The topological polar surface area (TPSA) is 26.3 Å². The van der Waals surface area contributed by atoms with Gasteiger partial charge in [0.05, 0.1) is 4.88 Å². The summed E-state index contributed by atoms with van der Waals surface area (Å²) >= 11 is 7.35. The fraction of sp³-hybridized carbons (Fsp3) is 0.154. The lowest BCUT2D eigenvalue weighted by molar-refractivity contribution is 0.112. The van der Waals surface area contributed by atoms with E-state index in [0.29, 0.717) is 6.61 Å². The summed E-state index contributed by atoms with van der Waals surface area (Å²) in [6, 6.07) is 7.38. The third-order valence-electron chi connectivity index (χ3n) is 2.33. The first-order chi connectivity index (χ1) is 8.19. The van der Waals surface area contributed by atoms with Gasteiger partial charge in [-0.25, -0.2) is 0 Å². The van der Waals surface area contributed by atoms with Crippen LogP contribution in [0.15, 0.2) is 29.6 Å². The summed E-state index contributed by atoms with van der Waals surface area (Å²) in [6.07, 6.45) is 0.848. The number of benzene rings is 1. The van der Waals surface area contributed by atoms with E-state index in [9.17, 15) is 4.79 Å². The highest BCUT2D eigenvalue weighted by atomic mass is 35.5. The molecule has 1 aromatic carbocycles. The van der Waals surface area contributed by atoms with Gasteiger partial charge in [-0.2, -0.15) is 0 Å². The molecule has 17 heavy (non-hydrogen) atoms. The van der Waals surface area contributed by atoms with Crippen molar-refractivity contribution in [2.45, 2.75) is 13.5 Å². The molecular formula is C13H11ClO2S.